The third-order valence-electron chi connectivity index (χ3n) is 2.89. The molecule has 0 saturated heterocycles. The van der Waals surface area contributed by atoms with E-state index >= 15 is 0 Å². The van der Waals surface area contributed by atoms with Crippen LogP contribution in [0.15, 0.2) is 30.3 Å². The minimum absolute atomic E-state index is 0.240. The third kappa shape index (κ3) is 5.19. The molecule has 1 N–H and O–H groups in total. The smallest absolute Gasteiger partial charge is 0.0558 e. The molecule has 1 aromatic rings. The summed E-state index contributed by atoms with van der Waals surface area (Å²) in [6.45, 7) is 5.24. The van der Waals surface area contributed by atoms with Crippen molar-refractivity contribution in [3.8, 4) is 0 Å². The summed E-state index contributed by atoms with van der Waals surface area (Å²) in [5.74, 6) is 0.495. The van der Waals surface area contributed by atoms with E-state index in [9.17, 15) is 0 Å². The van der Waals surface area contributed by atoms with Gasteiger partial charge in [-0.3, -0.25) is 0 Å². The van der Waals surface area contributed by atoms with Gasteiger partial charge in [0.1, 0.15) is 0 Å². The van der Waals surface area contributed by atoms with Gasteiger partial charge in [-0.2, -0.15) is 0 Å². The first-order valence-electron chi connectivity index (χ1n) is 6.26. The van der Waals surface area contributed by atoms with Crippen LogP contribution in [0, 0.1) is 0 Å². The first-order chi connectivity index (χ1) is 8.31. The molecule has 0 radical (unpaired) electrons. The molecular formula is C14H22BrNO. The van der Waals surface area contributed by atoms with Crippen molar-refractivity contribution in [1.82, 2.24) is 4.90 Å². The summed E-state index contributed by atoms with van der Waals surface area (Å²) in [7, 11) is 0. The fourth-order valence-electron chi connectivity index (χ4n) is 2.03. The van der Waals surface area contributed by atoms with E-state index in [2.05, 4.69) is 52.0 Å². The van der Waals surface area contributed by atoms with E-state index in [1.54, 1.807) is 0 Å². The first-order valence-corrected chi connectivity index (χ1v) is 7.38. The van der Waals surface area contributed by atoms with Crippen molar-refractivity contribution in [3.05, 3.63) is 35.9 Å². The van der Waals surface area contributed by atoms with E-state index < -0.39 is 0 Å². The van der Waals surface area contributed by atoms with Crippen LogP contribution in [0.1, 0.15) is 24.8 Å². The van der Waals surface area contributed by atoms with Gasteiger partial charge in [-0.15, -0.1) is 0 Å². The summed E-state index contributed by atoms with van der Waals surface area (Å²) >= 11 is 3.59. The van der Waals surface area contributed by atoms with Crippen molar-refractivity contribution in [2.45, 2.75) is 19.3 Å². The van der Waals surface area contributed by atoms with Crippen molar-refractivity contribution in [3.63, 3.8) is 0 Å². The van der Waals surface area contributed by atoms with Crippen molar-refractivity contribution < 1.29 is 5.11 Å². The van der Waals surface area contributed by atoms with Gasteiger partial charge < -0.3 is 10.0 Å². The van der Waals surface area contributed by atoms with Crippen LogP contribution in [0.25, 0.3) is 0 Å². The fourth-order valence-corrected chi connectivity index (χ4v) is 2.61. The molecule has 0 aliphatic heterocycles. The van der Waals surface area contributed by atoms with Crippen molar-refractivity contribution in [2.24, 2.45) is 0 Å². The Balaban J connectivity index is 2.61. The van der Waals surface area contributed by atoms with Gasteiger partial charge >= 0.3 is 0 Å². The highest BCUT2D eigenvalue weighted by atomic mass is 79.9. The molecule has 3 heteroatoms. The lowest BCUT2D eigenvalue weighted by Crippen LogP contribution is -2.32. The van der Waals surface area contributed by atoms with E-state index in [1.165, 1.54) is 5.56 Å². The summed E-state index contributed by atoms with van der Waals surface area (Å²) < 4.78 is 0. The Hall–Kier alpha value is -0.380. The van der Waals surface area contributed by atoms with Gasteiger partial charge in [0.05, 0.1) is 6.61 Å². The predicted octanol–water partition coefficient (Wildman–Crippen LogP) is 2.87. The summed E-state index contributed by atoms with van der Waals surface area (Å²) in [6.07, 6.45) is 1.13. The molecule has 0 bridgehead atoms. The molecule has 96 valence electrons. The van der Waals surface area contributed by atoms with Gasteiger partial charge in [0.15, 0.2) is 0 Å². The lowest BCUT2D eigenvalue weighted by Gasteiger charge is -2.25. The molecular weight excluding hydrogens is 278 g/mol. The van der Waals surface area contributed by atoms with Crippen molar-refractivity contribution in [1.29, 1.82) is 0 Å². The van der Waals surface area contributed by atoms with E-state index in [-0.39, 0.29) is 6.61 Å². The summed E-state index contributed by atoms with van der Waals surface area (Å²) in [6, 6.07) is 10.6. The van der Waals surface area contributed by atoms with Gasteiger partial charge in [-0.1, -0.05) is 53.2 Å². The molecule has 1 atom stereocenters. The summed E-state index contributed by atoms with van der Waals surface area (Å²) in [5, 5.41) is 10.0. The van der Waals surface area contributed by atoms with Gasteiger partial charge in [-0.05, 0) is 18.5 Å². The number of rotatable bonds is 8. The molecule has 0 amide bonds. The monoisotopic (exact) mass is 299 g/mol. The van der Waals surface area contributed by atoms with Gasteiger partial charge in [0, 0.05) is 24.3 Å². The van der Waals surface area contributed by atoms with Gasteiger partial charge in [0.25, 0.3) is 0 Å². The topological polar surface area (TPSA) is 23.5 Å². The Bertz CT molecular complexity index is 286. The predicted molar refractivity (Wildman–Crippen MR) is 76.8 cm³/mol. The maximum atomic E-state index is 9.07. The zero-order valence-corrected chi connectivity index (χ0v) is 12.1. The average Bonchev–Trinajstić information content (AvgIpc) is 2.37. The highest BCUT2D eigenvalue weighted by molar-refractivity contribution is 9.09. The van der Waals surface area contributed by atoms with Gasteiger partial charge in [-0.25, -0.2) is 0 Å². The van der Waals surface area contributed by atoms with Crippen LogP contribution in [0.4, 0.5) is 0 Å². The zero-order valence-electron chi connectivity index (χ0n) is 10.5. The molecule has 1 aromatic carbocycles. The lowest BCUT2D eigenvalue weighted by molar-refractivity contribution is 0.190. The second-order valence-electron chi connectivity index (χ2n) is 4.29. The molecule has 1 unspecified atom stereocenters. The number of benzene rings is 1. The molecule has 1 rings (SSSR count). The maximum Gasteiger partial charge on any atom is 0.0558 e. The summed E-state index contributed by atoms with van der Waals surface area (Å²) in [5.41, 5.74) is 1.36. The normalized spacial score (nSPS) is 12.9. The maximum absolute atomic E-state index is 9.07. The van der Waals surface area contributed by atoms with Crippen LogP contribution < -0.4 is 0 Å². The molecule has 17 heavy (non-hydrogen) atoms. The molecule has 0 spiro atoms. The van der Waals surface area contributed by atoms with E-state index in [0.29, 0.717) is 5.92 Å². The Morgan fingerprint density at radius 1 is 1.24 bits per heavy atom. The second-order valence-corrected chi connectivity index (χ2v) is 4.93. The van der Waals surface area contributed by atoms with E-state index in [1.807, 2.05) is 6.07 Å². The minimum atomic E-state index is 0.240. The number of hydrogen-bond acceptors (Lipinski definition) is 2. The second kappa shape index (κ2) is 8.67. The third-order valence-corrected chi connectivity index (χ3v) is 3.67. The van der Waals surface area contributed by atoms with Crippen LogP contribution in [0.3, 0.4) is 0 Å². The van der Waals surface area contributed by atoms with Crippen LogP contribution in [-0.4, -0.2) is 41.6 Å². The van der Waals surface area contributed by atoms with Crippen LogP contribution in [0.2, 0.25) is 0 Å². The quantitative estimate of drug-likeness (QED) is 0.746. The Morgan fingerprint density at radius 2 is 1.94 bits per heavy atom. The van der Waals surface area contributed by atoms with E-state index in [0.717, 1.165) is 31.4 Å². The van der Waals surface area contributed by atoms with Gasteiger partial charge in [0.2, 0.25) is 0 Å². The molecule has 2 nitrogen and oxygen atoms in total. The fraction of sp³-hybridized carbons (Fsp3) is 0.571. The molecule has 0 fully saturated rings. The average molecular weight is 300 g/mol. The van der Waals surface area contributed by atoms with Crippen LogP contribution in [-0.2, 0) is 0 Å². The number of nitrogens with zero attached hydrogens (tertiary/aromatic N) is 1. The summed E-state index contributed by atoms with van der Waals surface area (Å²) in [4.78, 5) is 2.33. The minimum Gasteiger partial charge on any atom is -0.395 e. The highest BCUT2D eigenvalue weighted by Gasteiger charge is 2.14. The largest absolute Gasteiger partial charge is 0.395 e. The molecule has 0 heterocycles. The molecule has 0 saturated carbocycles. The van der Waals surface area contributed by atoms with Crippen molar-refractivity contribution in [2.75, 3.05) is 31.6 Å². The zero-order chi connectivity index (χ0) is 12.5. The van der Waals surface area contributed by atoms with Crippen LogP contribution in [0.5, 0.6) is 0 Å². The Morgan fingerprint density at radius 3 is 2.47 bits per heavy atom. The molecule has 0 aliphatic rings. The van der Waals surface area contributed by atoms with Crippen LogP contribution >= 0.6 is 15.9 Å². The number of hydrogen-bond donors (Lipinski definition) is 1. The first kappa shape index (κ1) is 14.7. The van der Waals surface area contributed by atoms with Crippen molar-refractivity contribution >= 4 is 15.9 Å². The van der Waals surface area contributed by atoms with E-state index in [4.69, 9.17) is 5.11 Å². The Labute approximate surface area is 113 Å². The molecule has 0 aliphatic carbocycles. The standard InChI is InChI=1S/C14H22BrNO/c1-2-8-16(9-10-17)12-14(11-15)13-6-4-3-5-7-13/h3-7,14,17H,2,8-12H2,1H3. The number of alkyl halides is 1. The molecule has 0 aromatic heterocycles. The SMILES string of the molecule is CCCN(CCO)CC(CBr)c1ccccc1. The Kier molecular flexibility index (Phi) is 7.49. The number of aliphatic hydroxyl groups excluding tert-OH is 1. The number of halogens is 1. The lowest BCUT2D eigenvalue weighted by atomic mass is 10.0. The highest BCUT2D eigenvalue weighted by Crippen LogP contribution is 2.19. The number of aliphatic hydroxyl groups is 1.